The second-order valence-electron chi connectivity index (χ2n) is 5.20. The highest BCUT2D eigenvalue weighted by Gasteiger charge is 2.06. The molecule has 0 bridgehead atoms. The van der Waals surface area contributed by atoms with Crippen molar-refractivity contribution in [1.82, 2.24) is 15.0 Å². The van der Waals surface area contributed by atoms with Gasteiger partial charge in [0.15, 0.2) is 0 Å². The van der Waals surface area contributed by atoms with E-state index in [1.54, 1.807) is 36.7 Å². The van der Waals surface area contributed by atoms with Gasteiger partial charge in [-0.05, 0) is 24.3 Å². The molecule has 0 aliphatic heterocycles. The predicted molar refractivity (Wildman–Crippen MR) is 95.5 cm³/mol. The van der Waals surface area contributed by atoms with Gasteiger partial charge in [0.05, 0.1) is 30.0 Å². The van der Waals surface area contributed by atoms with Crippen molar-refractivity contribution in [2.45, 2.75) is 0 Å². The zero-order chi connectivity index (χ0) is 16.9. The molecule has 24 heavy (non-hydrogen) atoms. The number of pyridine rings is 1. The van der Waals surface area contributed by atoms with Gasteiger partial charge in [0.1, 0.15) is 12.5 Å². The number of aromatic nitrogens is 3. The van der Waals surface area contributed by atoms with Crippen LogP contribution in [0.25, 0.3) is 11.3 Å². The number of benzene rings is 1. The zero-order valence-corrected chi connectivity index (χ0v) is 13.8. The Labute approximate surface area is 144 Å². The van der Waals surface area contributed by atoms with Crippen LogP contribution in [0, 0.1) is 0 Å². The third kappa shape index (κ3) is 3.79. The molecule has 2 heterocycles. The van der Waals surface area contributed by atoms with Crippen molar-refractivity contribution in [2.75, 3.05) is 24.0 Å². The van der Waals surface area contributed by atoms with Crippen LogP contribution in [0.3, 0.4) is 0 Å². The standard InChI is InChI=1S/C17H16ClN5O/c1-23(11-24)15-5-12(7-19-8-15)16-9-20-10-17(22-16)21-14-4-2-3-13(18)6-14/h2-10,24H,11H2,1H3,(H,21,22). The van der Waals surface area contributed by atoms with E-state index < -0.39 is 0 Å². The van der Waals surface area contributed by atoms with E-state index in [2.05, 4.69) is 20.3 Å². The van der Waals surface area contributed by atoms with Gasteiger partial charge in [0.2, 0.25) is 0 Å². The van der Waals surface area contributed by atoms with Gasteiger partial charge < -0.3 is 15.3 Å². The van der Waals surface area contributed by atoms with E-state index in [-0.39, 0.29) is 6.73 Å². The van der Waals surface area contributed by atoms with Crippen LogP contribution >= 0.6 is 11.6 Å². The minimum atomic E-state index is -0.0901. The Morgan fingerprint density at radius 3 is 2.75 bits per heavy atom. The molecule has 0 spiro atoms. The number of nitrogens with one attached hydrogen (secondary N) is 1. The minimum Gasteiger partial charge on any atom is -0.376 e. The summed E-state index contributed by atoms with van der Waals surface area (Å²) in [5, 5.41) is 13.1. The maximum Gasteiger partial charge on any atom is 0.149 e. The number of rotatable bonds is 5. The summed E-state index contributed by atoms with van der Waals surface area (Å²) in [7, 11) is 1.78. The van der Waals surface area contributed by atoms with Crippen molar-refractivity contribution in [3.8, 4) is 11.3 Å². The van der Waals surface area contributed by atoms with Crippen LogP contribution in [0.1, 0.15) is 0 Å². The summed E-state index contributed by atoms with van der Waals surface area (Å²) in [5.41, 5.74) is 3.13. The highest BCUT2D eigenvalue weighted by molar-refractivity contribution is 6.30. The van der Waals surface area contributed by atoms with E-state index in [1.807, 2.05) is 30.3 Å². The average Bonchev–Trinajstić information content (AvgIpc) is 2.61. The molecule has 2 aromatic heterocycles. The lowest BCUT2D eigenvalue weighted by Gasteiger charge is -2.16. The van der Waals surface area contributed by atoms with Crippen LogP contribution in [0.5, 0.6) is 0 Å². The minimum absolute atomic E-state index is 0.0901. The number of aliphatic hydroxyl groups is 1. The molecule has 0 fully saturated rings. The summed E-state index contributed by atoms with van der Waals surface area (Å²) in [6.45, 7) is -0.0901. The summed E-state index contributed by atoms with van der Waals surface area (Å²) in [6.07, 6.45) is 6.70. The van der Waals surface area contributed by atoms with Gasteiger partial charge >= 0.3 is 0 Å². The molecule has 0 saturated heterocycles. The molecule has 0 saturated carbocycles. The molecule has 3 rings (SSSR count). The molecule has 1 aromatic carbocycles. The highest BCUT2D eigenvalue weighted by Crippen LogP contribution is 2.23. The van der Waals surface area contributed by atoms with Crippen LogP contribution in [-0.2, 0) is 0 Å². The Bertz CT molecular complexity index is 842. The summed E-state index contributed by atoms with van der Waals surface area (Å²) < 4.78 is 0. The van der Waals surface area contributed by atoms with Gasteiger partial charge in [-0.15, -0.1) is 0 Å². The van der Waals surface area contributed by atoms with E-state index in [1.165, 1.54) is 0 Å². The maximum atomic E-state index is 9.23. The second kappa shape index (κ2) is 7.25. The molecule has 3 aromatic rings. The van der Waals surface area contributed by atoms with E-state index in [4.69, 9.17) is 11.6 Å². The average molecular weight is 342 g/mol. The molecule has 6 nitrogen and oxygen atoms in total. The molecule has 7 heteroatoms. The van der Waals surface area contributed by atoms with Crippen molar-refractivity contribution < 1.29 is 5.11 Å². The molecular weight excluding hydrogens is 326 g/mol. The van der Waals surface area contributed by atoms with Crippen LogP contribution in [0.4, 0.5) is 17.2 Å². The molecule has 2 N–H and O–H groups in total. The first kappa shape index (κ1) is 16.2. The normalized spacial score (nSPS) is 10.5. The first-order valence-electron chi connectivity index (χ1n) is 7.28. The number of halogens is 1. The zero-order valence-electron chi connectivity index (χ0n) is 13.0. The number of nitrogens with zero attached hydrogens (tertiary/aromatic N) is 4. The van der Waals surface area contributed by atoms with E-state index in [0.717, 1.165) is 16.9 Å². The topological polar surface area (TPSA) is 74.2 Å². The molecule has 0 aliphatic rings. The third-order valence-electron chi connectivity index (χ3n) is 3.40. The fourth-order valence-electron chi connectivity index (χ4n) is 2.14. The molecule has 0 unspecified atom stereocenters. The van der Waals surface area contributed by atoms with Crippen molar-refractivity contribution in [1.29, 1.82) is 0 Å². The van der Waals surface area contributed by atoms with Gasteiger partial charge in [0.25, 0.3) is 0 Å². The van der Waals surface area contributed by atoms with Gasteiger partial charge in [-0.2, -0.15) is 0 Å². The van der Waals surface area contributed by atoms with Crippen molar-refractivity contribution in [2.24, 2.45) is 0 Å². The van der Waals surface area contributed by atoms with Gasteiger partial charge in [-0.25, -0.2) is 4.98 Å². The quantitative estimate of drug-likeness (QED) is 0.693. The summed E-state index contributed by atoms with van der Waals surface area (Å²) in [4.78, 5) is 14.7. The van der Waals surface area contributed by atoms with E-state index in [9.17, 15) is 5.11 Å². The second-order valence-corrected chi connectivity index (χ2v) is 5.63. The monoisotopic (exact) mass is 341 g/mol. The summed E-state index contributed by atoms with van der Waals surface area (Å²) in [6, 6.07) is 9.28. The SMILES string of the molecule is CN(CO)c1cncc(-c2cncc(Nc3cccc(Cl)c3)n2)c1. The van der Waals surface area contributed by atoms with Crippen molar-refractivity contribution in [3.05, 3.63) is 60.1 Å². The lowest BCUT2D eigenvalue weighted by atomic mass is 10.2. The van der Waals surface area contributed by atoms with Gasteiger partial charge in [0, 0.05) is 29.5 Å². The fraction of sp³-hybridized carbons (Fsp3) is 0.118. The van der Waals surface area contributed by atoms with Crippen molar-refractivity contribution >= 4 is 28.8 Å². The van der Waals surface area contributed by atoms with Crippen LogP contribution in [-0.4, -0.2) is 33.8 Å². The Morgan fingerprint density at radius 2 is 1.96 bits per heavy atom. The summed E-state index contributed by atoms with van der Waals surface area (Å²) in [5.74, 6) is 0.607. The van der Waals surface area contributed by atoms with Crippen LogP contribution < -0.4 is 10.2 Å². The van der Waals surface area contributed by atoms with Crippen LogP contribution in [0.15, 0.2) is 55.1 Å². The molecule has 0 radical (unpaired) electrons. The number of hydrogen-bond acceptors (Lipinski definition) is 6. The fourth-order valence-corrected chi connectivity index (χ4v) is 2.33. The smallest absolute Gasteiger partial charge is 0.149 e. The van der Waals surface area contributed by atoms with Crippen LogP contribution in [0.2, 0.25) is 5.02 Å². The first-order valence-corrected chi connectivity index (χ1v) is 7.65. The molecule has 0 amide bonds. The Kier molecular flexibility index (Phi) is 4.88. The Hall–Kier alpha value is -2.70. The largest absolute Gasteiger partial charge is 0.376 e. The predicted octanol–water partition coefficient (Wildman–Crippen LogP) is 3.32. The molecule has 0 aliphatic carbocycles. The van der Waals surface area contributed by atoms with Gasteiger partial charge in [-0.1, -0.05) is 17.7 Å². The number of aliphatic hydroxyl groups excluding tert-OH is 1. The molecular formula is C17H16ClN5O. The molecule has 0 atom stereocenters. The highest BCUT2D eigenvalue weighted by atomic mass is 35.5. The number of hydrogen-bond donors (Lipinski definition) is 2. The number of anilines is 3. The Morgan fingerprint density at radius 1 is 1.12 bits per heavy atom. The lowest BCUT2D eigenvalue weighted by molar-refractivity contribution is 0.298. The van der Waals surface area contributed by atoms with Gasteiger partial charge in [-0.3, -0.25) is 9.97 Å². The maximum absolute atomic E-state index is 9.23. The Balaban J connectivity index is 1.88. The first-order chi connectivity index (χ1) is 11.7. The third-order valence-corrected chi connectivity index (χ3v) is 3.64. The molecule has 122 valence electrons. The van der Waals surface area contributed by atoms with Crippen molar-refractivity contribution in [3.63, 3.8) is 0 Å². The van der Waals surface area contributed by atoms with E-state index >= 15 is 0 Å². The lowest BCUT2D eigenvalue weighted by Crippen LogP contribution is -2.17. The van der Waals surface area contributed by atoms with E-state index in [0.29, 0.717) is 16.5 Å². The summed E-state index contributed by atoms with van der Waals surface area (Å²) >= 11 is 5.99.